The van der Waals surface area contributed by atoms with Gasteiger partial charge in [-0.15, -0.1) is 0 Å². The van der Waals surface area contributed by atoms with E-state index >= 15 is 0 Å². The van der Waals surface area contributed by atoms with Crippen molar-refractivity contribution >= 4 is 56.7 Å². The number of halogens is 2. The van der Waals surface area contributed by atoms with E-state index in [2.05, 4.69) is 80.7 Å². The molecule has 0 saturated carbocycles. The van der Waals surface area contributed by atoms with E-state index in [1.807, 2.05) is 49.6 Å². The molecule has 2 amide bonds. The van der Waals surface area contributed by atoms with Gasteiger partial charge in [0.1, 0.15) is 0 Å². The van der Waals surface area contributed by atoms with Crippen LogP contribution >= 0.6 is 0 Å². The van der Waals surface area contributed by atoms with Crippen molar-refractivity contribution in [3.63, 3.8) is 0 Å². The number of nitrogens with one attached hydrogen (secondary N) is 2. The topological polar surface area (TPSA) is 212 Å². The van der Waals surface area contributed by atoms with Crippen LogP contribution in [0.4, 0.5) is 8.78 Å². The highest BCUT2D eigenvalue weighted by molar-refractivity contribution is 6.00. The van der Waals surface area contributed by atoms with Crippen LogP contribution in [0.3, 0.4) is 0 Å². The standard InChI is InChI=1S/2C27H30FN3O2.C4H6O6/c2*1-4-30(5-2)27(32)19-12-21-20-7-6-8-23-26(20)18(14-29-23)13-24(21)31(16-19)15-17-9-10-22(28)25(11-17)33-3;5-1(3(7)8)2(6)4(9)10/h2*6-12,14,19,24,29H,4-5,13,15-16H2,1-3H3;1-2,5-6H,(H,7,8)(H,9,10)/t2*19-,24-;/m11./s1. The molecule has 4 heterocycles. The minimum absolute atomic E-state index is 0.163. The first kappa shape index (κ1) is 54.9. The summed E-state index contributed by atoms with van der Waals surface area (Å²) in [5.74, 6) is -3.87. The van der Waals surface area contributed by atoms with Crippen molar-refractivity contribution in [2.24, 2.45) is 11.8 Å². The summed E-state index contributed by atoms with van der Waals surface area (Å²) in [6.45, 7) is 13.4. The first-order chi connectivity index (χ1) is 36.5. The summed E-state index contributed by atoms with van der Waals surface area (Å²) in [5.41, 5.74) is 11.7. The van der Waals surface area contributed by atoms with Crippen LogP contribution in [0, 0.1) is 23.5 Å². The smallest absolute Gasteiger partial charge is 0.335 e. The Morgan fingerprint density at radius 1 is 0.618 bits per heavy atom. The summed E-state index contributed by atoms with van der Waals surface area (Å²) in [6, 6.07) is 23.1. The van der Waals surface area contributed by atoms with Crippen molar-refractivity contribution in [2.75, 3.05) is 53.5 Å². The Labute approximate surface area is 439 Å². The van der Waals surface area contributed by atoms with Gasteiger partial charge >= 0.3 is 11.9 Å². The number of aliphatic hydroxyl groups is 2. The molecule has 6 N–H and O–H groups in total. The molecular formula is C58H66F2N6O10. The number of hydrogen-bond donors (Lipinski definition) is 6. The van der Waals surface area contributed by atoms with Gasteiger partial charge in [-0.2, -0.15) is 0 Å². The molecule has 2 aliphatic carbocycles. The molecule has 0 spiro atoms. The van der Waals surface area contributed by atoms with Crippen molar-refractivity contribution in [2.45, 2.75) is 77.9 Å². The predicted octanol–water partition coefficient (Wildman–Crippen LogP) is 7.13. The quantitative estimate of drug-likeness (QED) is 0.0607. The minimum atomic E-state index is -2.27. The number of hydrogen-bond acceptors (Lipinski definition) is 10. The number of nitrogens with zero attached hydrogens (tertiary/aromatic N) is 4. The van der Waals surface area contributed by atoms with E-state index in [4.69, 9.17) is 29.9 Å². The van der Waals surface area contributed by atoms with Gasteiger partial charge in [0.05, 0.1) is 26.1 Å². The van der Waals surface area contributed by atoms with E-state index in [1.165, 1.54) is 70.5 Å². The molecule has 76 heavy (non-hydrogen) atoms. The van der Waals surface area contributed by atoms with Crippen LogP contribution in [-0.4, -0.2) is 152 Å². The number of carbonyl (C=O) groups excluding carboxylic acids is 2. The Morgan fingerprint density at radius 3 is 1.34 bits per heavy atom. The molecule has 402 valence electrons. The number of fused-ring (bicyclic) bond motifs is 4. The number of carboxylic acid groups (broad SMARTS) is 2. The first-order valence-electron chi connectivity index (χ1n) is 25.7. The van der Waals surface area contributed by atoms with E-state index < -0.39 is 24.1 Å². The van der Waals surface area contributed by atoms with Crippen LogP contribution in [0.15, 0.2) is 97.3 Å². The second kappa shape index (κ2) is 23.7. The Morgan fingerprint density at radius 2 is 1.00 bits per heavy atom. The molecule has 0 radical (unpaired) electrons. The summed E-state index contributed by atoms with van der Waals surface area (Å²) in [4.78, 5) is 61.7. The normalized spacial score (nSPS) is 19.3. The summed E-state index contributed by atoms with van der Waals surface area (Å²) < 4.78 is 38.4. The number of carboxylic acids is 2. The molecule has 6 aromatic rings. The van der Waals surface area contributed by atoms with Crippen LogP contribution in [-0.2, 0) is 45.1 Å². The number of rotatable bonds is 15. The number of aliphatic carboxylic acids is 2. The lowest BCUT2D eigenvalue weighted by molar-refractivity contribution is -0.165. The van der Waals surface area contributed by atoms with Crippen LogP contribution in [0.5, 0.6) is 11.5 Å². The molecule has 2 unspecified atom stereocenters. The molecule has 2 aliphatic heterocycles. The van der Waals surface area contributed by atoms with Gasteiger partial charge in [0.15, 0.2) is 35.3 Å². The average Bonchev–Trinajstić information content (AvgIpc) is 4.07. The van der Waals surface area contributed by atoms with E-state index in [0.29, 0.717) is 52.4 Å². The molecule has 0 fully saturated rings. The molecular weight excluding hydrogens is 979 g/mol. The minimum Gasteiger partial charge on any atom is -0.494 e. The highest BCUT2D eigenvalue weighted by atomic mass is 19.1. The molecule has 16 nitrogen and oxygen atoms in total. The molecule has 0 bridgehead atoms. The molecule has 0 saturated heterocycles. The van der Waals surface area contributed by atoms with E-state index in [1.54, 1.807) is 12.1 Å². The summed E-state index contributed by atoms with van der Waals surface area (Å²) in [6.07, 6.45) is 5.86. The maximum absolute atomic E-state index is 14.0. The van der Waals surface area contributed by atoms with Gasteiger partial charge in [0.25, 0.3) is 0 Å². The Bertz CT molecular complexity index is 2970. The van der Waals surface area contributed by atoms with Crippen LogP contribution < -0.4 is 9.47 Å². The Kier molecular flexibility index (Phi) is 17.1. The zero-order valence-electron chi connectivity index (χ0n) is 43.6. The number of benzene rings is 4. The number of amides is 2. The summed E-state index contributed by atoms with van der Waals surface area (Å²) >= 11 is 0. The monoisotopic (exact) mass is 1040 g/mol. The number of ether oxygens (including phenoxy) is 2. The van der Waals surface area contributed by atoms with Crippen LogP contribution in [0.1, 0.15) is 61.1 Å². The summed E-state index contributed by atoms with van der Waals surface area (Å²) in [5, 5.41) is 35.1. The van der Waals surface area contributed by atoms with Gasteiger partial charge in [-0.25, -0.2) is 18.4 Å². The van der Waals surface area contributed by atoms with Crippen molar-refractivity contribution in [3.05, 3.63) is 142 Å². The fourth-order valence-corrected chi connectivity index (χ4v) is 11.2. The summed E-state index contributed by atoms with van der Waals surface area (Å²) in [7, 11) is 2.97. The number of aromatic nitrogens is 2. The van der Waals surface area contributed by atoms with Gasteiger partial charge in [0, 0.05) is 98.6 Å². The van der Waals surface area contributed by atoms with Crippen LogP contribution in [0.25, 0.3) is 33.0 Å². The van der Waals surface area contributed by atoms with Gasteiger partial charge in [-0.05, 0) is 121 Å². The maximum atomic E-state index is 14.0. The third kappa shape index (κ3) is 11.1. The second-order valence-electron chi connectivity index (χ2n) is 19.4. The van der Waals surface area contributed by atoms with E-state index in [9.17, 15) is 28.0 Å². The van der Waals surface area contributed by atoms with E-state index in [0.717, 1.165) is 35.0 Å². The Balaban J connectivity index is 0.000000171. The van der Waals surface area contributed by atoms with E-state index in [-0.39, 0.29) is 58.9 Å². The van der Waals surface area contributed by atoms with Crippen molar-refractivity contribution < 1.29 is 57.9 Å². The Hall–Kier alpha value is -7.38. The zero-order chi connectivity index (χ0) is 54.5. The largest absolute Gasteiger partial charge is 0.494 e. The first-order valence-corrected chi connectivity index (χ1v) is 25.7. The number of H-pyrrole nitrogens is 2. The van der Waals surface area contributed by atoms with Gasteiger partial charge < -0.3 is 49.7 Å². The molecule has 4 aliphatic rings. The highest BCUT2D eigenvalue weighted by Crippen LogP contribution is 2.44. The maximum Gasteiger partial charge on any atom is 0.335 e. The molecule has 10 rings (SSSR count). The third-order valence-electron chi connectivity index (χ3n) is 15.0. The SMILES string of the molecule is CCN(CC)C(=O)[C@@H]1C=C2c3cccc4[nH]cc(c34)C[C@H]2N(Cc2ccc(F)c(OC)c2)C1.CCN(CC)C(=O)[C@@H]1C=C2c3cccc4[nH]cc(c34)C[C@H]2N(Cc2ccc(F)c(OC)c2)C1.O=C(O)C(O)C(O)C(=O)O. The average molecular weight is 1050 g/mol. The van der Waals surface area contributed by atoms with Gasteiger partial charge in [-0.1, -0.05) is 48.6 Å². The van der Waals surface area contributed by atoms with Gasteiger partial charge in [-0.3, -0.25) is 19.4 Å². The lowest BCUT2D eigenvalue weighted by Gasteiger charge is -2.42. The van der Waals surface area contributed by atoms with Crippen molar-refractivity contribution in [3.8, 4) is 11.5 Å². The molecule has 4 aromatic carbocycles. The van der Waals surface area contributed by atoms with Crippen molar-refractivity contribution in [1.29, 1.82) is 0 Å². The number of methoxy groups -OCH3 is 2. The van der Waals surface area contributed by atoms with Gasteiger partial charge in [0.2, 0.25) is 11.8 Å². The van der Waals surface area contributed by atoms with Crippen molar-refractivity contribution in [1.82, 2.24) is 29.6 Å². The lowest BCUT2D eigenvalue weighted by atomic mass is 9.79. The number of carbonyl (C=O) groups is 4. The zero-order valence-corrected chi connectivity index (χ0v) is 43.6. The highest BCUT2D eigenvalue weighted by Gasteiger charge is 2.40. The second-order valence-corrected chi connectivity index (χ2v) is 19.4. The molecule has 18 heteroatoms. The third-order valence-corrected chi connectivity index (χ3v) is 15.0. The van der Waals surface area contributed by atoms with Crippen LogP contribution in [0.2, 0.25) is 0 Å². The fraction of sp³-hybridized carbons (Fsp3) is 0.379. The molecule has 2 aromatic heterocycles. The lowest BCUT2D eigenvalue weighted by Crippen LogP contribution is -2.48. The number of aliphatic hydroxyl groups excluding tert-OH is 2. The molecule has 6 atom stereocenters. The predicted molar refractivity (Wildman–Crippen MR) is 284 cm³/mol. The fourth-order valence-electron chi connectivity index (χ4n) is 11.2. The number of aromatic amines is 2.